The number of esters is 1. The van der Waals surface area contributed by atoms with Gasteiger partial charge in [-0.25, -0.2) is 4.79 Å². The third-order valence-corrected chi connectivity index (χ3v) is 5.19. The van der Waals surface area contributed by atoms with Crippen molar-refractivity contribution < 1.29 is 19.1 Å². The lowest BCUT2D eigenvalue weighted by molar-refractivity contribution is -0.145. The molecule has 1 aliphatic heterocycles. The number of carbonyl (C=O) groups excluding carboxylic acids is 3. The van der Waals surface area contributed by atoms with E-state index in [9.17, 15) is 14.4 Å². The maximum atomic E-state index is 13.6. The van der Waals surface area contributed by atoms with Crippen LogP contribution in [0.2, 0.25) is 5.02 Å². The third kappa shape index (κ3) is 5.76. The molecule has 0 fully saturated rings. The van der Waals surface area contributed by atoms with E-state index in [1.165, 1.54) is 12.0 Å². The van der Waals surface area contributed by atoms with Gasteiger partial charge in [-0.2, -0.15) is 0 Å². The molecule has 1 unspecified atom stereocenters. The van der Waals surface area contributed by atoms with Gasteiger partial charge in [-0.3, -0.25) is 9.59 Å². The average molecular weight is 454 g/mol. The molecular weight excluding hydrogens is 430 g/mol. The minimum atomic E-state index is -0.715. The molecule has 166 valence electrons. The molecule has 0 aromatic heterocycles. The SMILES string of the molecule is COC(=O)CN(C/C=C/c1ccccc1)C(=O)C1=C(C)NC(=O)NC1c1cccc(Cl)c1. The second kappa shape index (κ2) is 10.6. The fourth-order valence-corrected chi connectivity index (χ4v) is 3.60. The van der Waals surface area contributed by atoms with Crippen LogP contribution >= 0.6 is 11.6 Å². The third-order valence-electron chi connectivity index (χ3n) is 4.95. The molecule has 0 bridgehead atoms. The number of methoxy groups -OCH3 is 1. The normalized spacial score (nSPS) is 15.8. The minimum absolute atomic E-state index is 0.176. The monoisotopic (exact) mass is 453 g/mol. The number of benzene rings is 2. The summed E-state index contributed by atoms with van der Waals surface area (Å²) >= 11 is 6.13. The number of carbonyl (C=O) groups is 3. The maximum absolute atomic E-state index is 13.6. The van der Waals surface area contributed by atoms with Crippen molar-refractivity contribution in [1.29, 1.82) is 0 Å². The summed E-state index contributed by atoms with van der Waals surface area (Å²) in [6, 6.07) is 15.4. The molecule has 1 heterocycles. The van der Waals surface area contributed by atoms with Crippen molar-refractivity contribution in [3.8, 4) is 0 Å². The first-order valence-electron chi connectivity index (χ1n) is 10.0. The number of halogens is 1. The van der Waals surface area contributed by atoms with Gasteiger partial charge in [-0.15, -0.1) is 0 Å². The van der Waals surface area contributed by atoms with E-state index in [2.05, 4.69) is 10.6 Å². The van der Waals surface area contributed by atoms with Gasteiger partial charge in [0.25, 0.3) is 5.91 Å². The average Bonchev–Trinajstić information content (AvgIpc) is 2.78. The maximum Gasteiger partial charge on any atom is 0.325 e. The molecular formula is C24H24ClN3O4. The van der Waals surface area contributed by atoms with Crippen molar-refractivity contribution in [1.82, 2.24) is 15.5 Å². The lowest BCUT2D eigenvalue weighted by Crippen LogP contribution is -2.48. The van der Waals surface area contributed by atoms with Gasteiger partial charge in [0.1, 0.15) is 6.54 Å². The highest BCUT2D eigenvalue weighted by Gasteiger charge is 2.34. The zero-order valence-electron chi connectivity index (χ0n) is 17.8. The number of hydrogen-bond donors (Lipinski definition) is 2. The molecule has 3 rings (SSSR count). The molecule has 0 radical (unpaired) electrons. The van der Waals surface area contributed by atoms with Crippen LogP contribution in [-0.2, 0) is 14.3 Å². The number of urea groups is 1. The van der Waals surface area contributed by atoms with Gasteiger partial charge < -0.3 is 20.3 Å². The van der Waals surface area contributed by atoms with Crippen molar-refractivity contribution in [2.75, 3.05) is 20.2 Å². The van der Waals surface area contributed by atoms with Crippen LogP contribution in [0.15, 0.2) is 71.9 Å². The van der Waals surface area contributed by atoms with E-state index >= 15 is 0 Å². The summed E-state index contributed by atoms with van der Waals surface area (Å²) in [6.45, 7) is 1.59. The van der Waals surface area contributed by atoms with E-state index in [4.69, 9.17) is 16.3 Å². The van der Waals surface area contributed by atoms with Crippen LogP contribution in [0.4, 0.5) is 4.79 Å². The fraction of sp³-hybridized carbons (Fsp3) is 0.208. The van der Waals surface area contributed by atoms with Crippen LogP contribution in [0.25, 0.3) is 6.08 Å². The second-order valence-electron chi connectivity index (χ2n) is 7.20. The summed E-state index contributed by atoms with van der Waals surface area (Å²) in [5.74, 6) is -0.945. The van der Waals surface area contributed by atoms with Crippen molar-refractivity contribution >= 4 is 35.6 Å². The van der Waals surface area contributed by atoms with Crippen molar-refractivity contribution in [3.05, 3.63) is 88.1 Å². The first kappa shape index (κ1) is 23.1. The highest BCUT2D eigenvalue weighted by atomic mass is 35.5. The molecule has 2 aromatic rings. The molecule has 0 aliphatic carbocycles. The number of rotatable bonds is 7. The molecule has 2 aromatic carbocycles. The topological polar surface area (TPSA) is 87.7 Å². The highest BCUT2D eigenvalue weighted by Crippen LogP contribution is 2.29. The molecule has 2 N–H and O–H groups in total. The van der Waals surface area contributed by atoms with Crippen LogP contribution in [0.5, 0.6) is 0 Å². The van der Waals surface area contributed by atoms with E-state index in [1.54, 1.807) is 37.3 Å². The minimum Gasteiger partial charge on any atom is -0.468 e. The van der Waals surface area contributed by atoms with Gasteiger partial charge in [0, 0.05) is 17.3 Å². The Hall–Kier alpha value is -3.58. The molecule has 0 spiro atoms. The number of ether oxygens (including phenoxy) is 1. The molecule has 3 amide bonds. The largest absolute Gasteiger partial charge is 0.468 e. The van der Waals surface area contributed by atoms with Crippen molar-refractivity contribution in [3.63, 3.8) is 0 Å². The zero-order chi connectivity index (χ0) is 23.1. The summed E-state index contributed by atoms with van der Waals surface area (Å²) in [4.78, 5) is 39.1. The van der Waals surface area contributed by atoms with Crippen LogP contribution in [-0.4, -0.2) is 43.0 Å². The lowest BCUT2D eigenvalue weighted by atomic mass is 9.94. The molecule has 0 saturated carbocycles. The lowest BCUT2D eigenvalue weighted by Gasteiger charge is -2.31. The second-order valence-corrected chi connectivity index (χ2v) is 7.64. The van der Waals surface area contributed by atoms with E-state index < -0.39 is 23.9 Å². The van der Waals surface area contributed by atoms with E-state index in [0.717, 1.165) is 5.56 Å². The van der Waals surface area contributed by atoms with Gasteiger partial charge in [0.05, 0.1) is 18.7 Å². The highest BCUT2D eigenvalue weighted by molar-refractivity contribution is 6.30. The number of nitrogens with one attached hydrogen (secondary N) is 2. The molecule has 8 heteroatoms. The van der Waals surface area contributed by atoms with Crippen molar-refractivity contribution in [2.45, 2.75) is 13.0 Å². The fourth-order valence-electron chi connectivity index (χ4n) is 3.40. The van der Waals surface area contributed by atoms with Crippen LogP contribution in [0.1, 0.15) is 24.1 Å². The summed E-state index contributed by atoms with van der Waals surface area (Å²) < 4.78 is 4.78. The van der Waals surface area contributed by atoms with Gasteiger partial charge in [-0.05, 0) is 30.2 Å². The Morgan fingerprint density at radius 3 is 2.59 bits per heavy atom. The van der Waals surface area contributed by atoms with Crippen LogP contribution in [0, 0.1) is 0 Å². The van der Waals surface area contributed by atoms with Crippen molar-refractivity contribution in [2.24, 2.45) is 0 Å². The molecule has 32 heavy (non-hydrogen) atoms. The number of hydrogen-bond acceptors (Lipinski definition) is 4. The zero-order valence-corrected chi connectivity index (χ0v) is 18.6. The Labute approximate surface area is 191 Å². The predicted octanol–water partition coefficient (Wildman–Crippen LogP) is 3.68. The number of nitrogens with zero attached hydrogens (tertiary/aromatic N) is 1. The van der Waals surface area contributed by atoms with Gasteiger partial charge in [-0.1, -0.05) is 66.2 Å². The number of allylic oxidation sites excluding steroid dienone is 1. The van der Waals surface area contributed by atoms with Gasteiger partial charge in [0.15, 0.2) is 0 Å². The quantitative estimate of drug-likeness (QED) is 0.626. The Balaban J connectivity index is 1.92. The van der Waals surface area contributed by atoms with E-state index in [0.29, 0.717) is 21.9 Å². The summed E-state index contributed by atoms with van der Waals surface area (Å²) in [5, 5.41) is 5.90. The first-order valence-corrected chi connectivity index (χ1v) is 10.4. The molecule has 7 nitrogen and oxygen atoms in total. The summed E-state index contributed by atoms with van der Waals surface area (Å²) in [7, 11) is 1.27. The summed E-state index contributed by atoms with van der Waals surface area (Å²) in [6.07, 6.45) is 3.67. The smallest absolute Gasteiger partial charge is 0.325 e. The Bertz CT molecular complexity index is 1070. The standard InChI is InChI=1S/C24H24ClN3O4/c1-16-21(22(27-24(31)26-16)18-11-6-12-19(25)14-18)23(30)28(15-20(29)32-2)13-7-10-17-8-4-3-5-9-17/h3-12,14,22H,13,15H2,1-2H3,(H2,26,27,31)/b10-7+. The van der Waals surface area contributed by atoms with Gasteiger partial charge >= 0.3 is 12.0 Å². The molecule has 1 atom stereocenters. The molecule has 1 aliphatic rings. The van der Waals surface area contributed by atoms with Crippen LogP contribution < -0.4 is 10.6 Å². The Morgan fingerprint density at radius 2 is 1.91 bits per heavy atom. The predicted molar refractivity (Wildman–Crippen MR) is 123 cm³/mol. The Morgan fingerprint density at radius 1 is 1.16 bits per heavy atom. The molecule has 0 saturated heterocycles. The van der Waals surface area contributed by atoms with E-state index in [-0.39, 0.29) is 13.1 Å². The summed E-state index contributed by atoms with van der Waals surface area (Å²) in [5.41, 5.74) is 2.36. The number of amides is 3. The van der Waals surface area contributed by atoms with Gasteiger partial charge in [0.2, 0.25) is 0 Å². The van der Waals surface area contributed by atoms with Crippen LogP contribution in [0.3, 0.4) is 0 Å². The Kier molecular flexibility index (Phi) is 7.68. The van der Waals surface area contributed by atoms with E-state index in [1.807, 2.05) is 36.4 Å². The first-order chi connectivity index (χ1) is 15.4.